The van der Waals surface area contributed by atoms with Crippen LogP contribution in [0.15, 0.2) is 16.7 Å². The molecule has 0 saturated heterocycles. The first-order valence-corrected chi connectivity index (χ1v) is 5.07. The molecule has 1 heterocycles. The van der Waals surface area contributed by atoms with Crippen molar-refractivity contribution < 1.29 is 13.9 Å². The van der Waals surface area contributed by atoms with E-state index in [1.54, 1.807) is 13.4 Å². The lowest BCUT2D eigenvalue weighted by molar-refractivity contribution is -0.00635. The maximum atomic E-state index is 5.52. The van der Waals surface area contributed by atoms with Crippen LogP contribution in [0.25, 0.3) is 0 Å². The van der Waals surface area contributed by atoms with Crippen LogP contribution in [0.5, 0.6) is 0 Å². The number of methoxy groups -OCH3 is 1. The van der Waals surface area contributed by atoms with Crippen molar-refractivity contribution in [2.45, 2.75) is 26.2 Å². The van der Waals surface area contributed by atoms with E-state index in [0.29, 0.717) is 13.2 Å². The second-order valence-corrected chi connectivity index (χ2v) is 3.53. The first-order valence-electron chi connectivity index (χ1n) is 5.07. The molecule has 0 aliphatic rings. The molecule has 4 nitrogen and oxygen atoms in total. The van der Waals surface area contributed by atoms with Gasteiger partial charge in [-0.1, -0.05) is 0 Å². The third kappa shape index (κ3) is 4.46. The minimum Gasteiger partial charge on any atom is -0.467 e. The fourth-order valence-electron chi connectivity index (χ4n) is 1.31. The summed E-state index contributed by atoms with van der Waals surface area (Å²) < 4.78 is 15.8. The highest BCUT2D eigenvalue weighted by atomic mass is 16.5. The number of nitrogens with one attached hydrogen (secondary N) is 1. The molecule has 0 saturated carbocycles. The van der Waals surface area contributed by atoms with Crippen molar-refractivity contribution in [1.82, 2.24) is 5.32 Å². The lowest BCUT2D eigenvalue weighted by atomic mass is 10.3. The topological polar surface area (TPSA) is 43.6 Å². The van der Waals surface area contributed by atoms with Gasteiger partial charge in [-0.05, 0) is 20.0 Å². The zero-order valence-electron chi connectivity index (χ0n) is 9.58. The van der Waals surface area contributed by atoms with Crippen LogP contribution in [-0.2, 0) is 22.6 Å². The minimum atomic E-state index is 0.0906. The molecule has 0 fully saturated rings. The van der Waals surface area contributed by atoms with E-state index in [9.17, 15) is 0 Å². The molecular weight excluding hydrogens is 194 g/mol. The molecule has 1 aromatic rings. The Morgan fingerprint density at radius 3 is 3.00 bits per heavy atom. The van der Waals surface area contributed by atoms with Gasteiger partial charge in [-0.2, -0.15) is 0 Å². The van der Waals surface area contributed by atoms with Crippen molar-refractivity contribution in [3.8, 4) is 0 Å². The average molecular weight is 213 g/mol. The van der Waals surface area contributed by atoms with Crippen molar-refractivity contribution in [3.63, 3.8) is 0 Å². The summed E-state index contributed by atoms with van der Waals surface area (Å²) in [5.74, 6) is 0.850. The molecule has 0 spiro atoms. The molecule has 1 rings (SSSR count). The normalized spacial score (nSPS) is 13.0. The summed E-state index contributed by atoms with van der Waals surface area (Å²) in [6.07, 6.45) is 1.84. The zero-order chi connectivity index (χ0) is 11.1. The molecule has 86 valence electrons. The van der Waals surface area contributed by atoms with Crippen LogP contribution in [0.2, 0.25) is 0 Å². The summed E-state index contributed by atoms with van der Waals surface area (Å²) in [7, 11) is 3.57. The first kappa shape index (κ1) is 12.2. The number of hydrogen-bond donors (Lipinski definition) is 1. The molecule has 15 heavy (non-hydrogen) atoms. The van der Waals surface area contributed by atoms with E-state index in [4.69, 9.17) is 13.9 Å². The Kier molecular flexibility index (Phi) is 5.39. The van der Waals surface area contributed by atoms with Gasteiger partial charge in [0.25, 0.3) is 0 Å². The fraction of sp³-hybridized carbons (Fsp3) is 0.636. The van der Waals surface area contributed by atoms with Crippen molar-refractivity contribution in [2.75, 3.05) is 20.8 Å². The Bertz CT molecular complexity index is 273. The number of rotatable bonds is 7. The molecule has 1 N–H and O–H groups in total. The van der Waals surface area contributed by atoms with Gasteiger partial charge in [0.2, 0.25) is 0 Å². The molecule has 4 heteroatoms. The summed E-state index contributed by atoms with van der Waals surface area (Å²) in [5, 5.41) is 3.06. The molecule has 0 bridgehead atoms. The van der Waals surface area contributed by atoms with E-state index in [-0.39, 0.29) is 6.10 Å². The summed E-state index contributed by atoms with van der Waals surface area (Å²) in [6.45, 7) is 3.89. The Balaban J connectivity index is 2.30. The van der Waals surface area contributed by atoms with Crippen LogP contribution in [0.3, 0.4) is 0 Å². The van der Waals surface area contributed by atoms with E-state index in [1.165, 1.54) is 0 Å². The van der Waals surface area contributed by atoms with Crippen molar-refractivity contribution >= 4 is 0 Å². The van der Waals surface area contributed by atoms with Gasteiger partial charge < -0.3 is 19.2 Å². The molecule has 0 aliphatic carbocycles. The fourth-order valence-corrected chi connectivity index (χ4v) is 1.31. The van der Waals surface area contributed by atoms with E-state index in [0.717, 1.165) is 17.9 Å². The van der Waals surface area contributed by atoms with Crippen LogP contribution in [0.4, 0.5) is 0 Å². The summed E-state index contributed by atoms with van der Waals surface area (Å²) in [5.41, 5.74) is 1.13. The van der Waals surface area contributed by atoms with Gasteiger partial charge in [-0.3, -0.25) is 0 Å². The molecule has 1 unspecified atom stereocenters. The summed E-state index contributed by atoms with van der Waals surface area (Å²) in [6, 6.07) is 2.00. The van der Waals surface area contributed by atoms with E-state index >= 15 is 0 Å². The Morgan fingerprint density at radius 2 is 2.33 bits per heavy atom. The lowest BCUT2D eigenvalue weighted by Gasteiger charge is -2.09. The van der Waals surface area contributed by atoms with Crippen LogP contribution in [-0.4, -0.2) is 26.9 Å². The van der Waals surface area contributed by atoms with Crippen molar-refractivity contribution in [3.05, 3.63) is 23.7 Å². The van der Waals surface area contributed by atoms with Gasteiger partial charge >= 0.3 is 0 Å². The quantitative estimate of drug-likeness (QED) is 0.746. The van der Waals surface area contributed by atoms with E-state index < -0.39 is 0 Å². The van der Waals surface area contributed by atoms with Crippen LogP contribution < -0.4 is 5.32 Å². The Hall–Kier alpha value is -0.840. The third-order valence-electron chi connectivity index (χ3n) is 2.00. The van der Waals surface area contributed by atoms with Gasteiger partial charge in [0.1, 0.15) is 12.4 Å². The molecule has 1 aromatic heterocycles. The SMILES string of the molecule is CNCc1coc(COC(C)COC)c1. The second kappa shape index (κ2) is 6.61. The molecule has 1 atom stereocenters. The first-order chi connectivity index (χ1) is 7.26. The zero-order valence-corrected chi connectivity index (χ0v) is 9.58. The predicted octanol–water partition coefficient (Wildman–Crippen LogP) is 1.55. The van der Waals surface area contributed by atoms with Crippen LogP contribution in [0.1, 0.15) is 18.2 Å². The van der Waals surface area contributed by atoms with Gasteiger partial charge in [0, 0.05) is 19.2 Å². The van der Waals surface area contributed by atoms with E-state index in [1.807, 2.05) is 20.0 Å². The van der Waals surface area contributed by atoms with Gasteiger partial charge in [-0.25, -0.2) is 0 Å². The predicted molar refractivity (Wildman–Crippen MR) is 57.6 cm³/mol. The molecule has 0 aromatic carbocycles. The maximum absolute atomic E-state index is 5.52. The van der Waals surface area contributed by atoms with E-state index in [2.05, 4.69) is 5.32 Å². The number of ether oxygens (including phenoxy) is 2. The smallest absolute Gasteiger partial charge is 0.129 e. The maximum Gasteiger partial charge on any atom is 0.129 e. The Morgan fingerprint density at radius 1 is 1.53 bits per heavy atom. The molecule has 0 radical (unpaired) electrons. The molecule has 0 aliphatic heterocycles. The lowest BCUT2D eigenvalue weighted by Crippen LogP contribution is -2.14. The molecular formula is C11H19NO3. The van der Waals surface area contributed by atoms with Gasteiger partial charge in [0.15, 0.2) is 0 Å². The highest BCUT2D eigenvalue weighted by molar-refractivity contribution is 5.11. The summed E-state index contributed by atoms with van der Waals surface area (Å²) in [4.78, 5) is 0. The Labute approximate surface area is 90.6 Å². The van der Waals surface area contributed by atoms with Crippen molar-refractivity contribution in [1.29, 1.82) is 0 Å². The third-order valence-corrected chi connectivity index (χ3v) is 2.00. The highest BCUT2D eigenvalue weighted by Crippen LogP contribution is 2.09. The monoisotopic (exact) mass is 213 g/mol. The largest absolute Gasteiger partial charge is 0.467 e. The molecule has 0 amide bonds. The average Bonchev–Trinajstić information content (AvgIpc) is 2.64. The van der Waals surface area contributed by atoms with Gasteiger partial charge in [0.05, 0.1) is 19.0 Å². The highest BCUT2D eigenvalue weighted by Gasteiger charge is 2.05. The number of hydrogen-bond acceptors (Lipinski definition) is 4. The summed E-state index contributed by atoms with van der Waals surface area (Å²) >= 11 is 0. The number of furan rings is 1. The van der Waals surface area contributed by atoms with Crippen LogP contribution in [0, 0.1) is 0 Å². The minimum absolute atomic E-state index is 0.0906. The standard InChI is InChI=1S/C11H19NO3/c1-9(6-13-3)14-8-11-4-10(5-12-2)7-15-11/h4,7,9,12H,5-6,8H2,1-3H3. The second-order valence-electron chi connectivity index (χ2n) is 3.53. The van der Waals surface area contributed by atoms with Crippen molar-refractivity contribution in [2.24, 2.45) is 0 Å². The van der Waals surface area contributed by atoms with Gasteiger partial charge in [-0.15, -0.1) is 0 Å². The van der Waals surface area contributed by atoms with Crippen LogP contribution >= 0.6 is 0 Å².